The van der Waals surface area contributed by atoms with Crippen molar-refractivity contribution >= 4 is 23.2 Å². The molecule has 0 aliphatic rings. The van der Waals surface area contributed by atoms with Crippen molar-refractivity contribution in [2.75, 3.05) is 0 Å². The van der Waals surface area contributed by atoms with Crippen LogP contribution in [0.4, 0.5) is 22.4 Å². The number of hydrogen-bond donors (Lipinski definition) is 1. The zero-order chi connectivity index (χ0) is 31.6. The van der Waals surface area contributed by atoms with Gasteiger partial charge in [0, 0.05) is 28.4 Å². The number of benzene rings is 3. The normalized spacial score (nSPS) is 12.5. The molecule has 1 N–H and O–H groups in total. The van der Waals surface area contributed by atoms with Gasteiger partial charge in [-0.05, 0) is 63.1 Å². The number of aryl methyl sites for hydroxylation is 4. The van der Waals surface area contributed by atoms with Gasteiger partial charge in [0.15, 0.2) is 10.6 Å². The third-order valence-electron chi connectivity index (χ3n) is 6.50. The van der Waals surface area contributed by atoms with E-state index < -0.39 is 18.2 Å². The maximum Gasteiger partial charge on any atom is 0.573 e. The van der Waals surface area contributed by atoms with Gasteiger partial charge in [-0.15, -0.1) is 29.6 Å². The molecule has 2 amide bonds. The average Bonchev–Trinajstić information content (AvgIpc) is 3.59. The summed E-state index contributed by atoms with van der Waals surface area (Å²) in [7, 11) is 0. The Kier molecular flexibility index (Phi) is 8.50. The second kappa shape index (κ2) is 12.3. The lowest BCUT2D eigenvalue weighted by molar-refractivity contribution is -0.274. The SMILES string of the molecule is Cc1cc(C)c(-n2c(C)csc2=NC(=O)N/C=C(\F)c2ccc(-c3ncn(-c4ccc(OC(F)(F)F)cc4)n3)cc2)c(C)c1. The molecule has 0 saturated carbocycles. The molecular formula is C31H26F4N6O2S. The Morgan fingerprint density at radius 3 is 2.30 bits per heavy atom. The molecule has 0 aliphatic heterocycles. The van der Waals surface area contributed by atoms with E-state index in [1.165, 1.54) is 58.7 Å². The van der Waals surface area contributed by atoms with Crippen LogP contribution in [0.3, 0.4) is 0 Å². The molecule has 13 heteroatoms. The van der Waals surface area contributed by atoms with Gasteiger partial charge in [0.1, 0.15) is 17.9 Å². The zero-order valence-electron chi connectivity index (χ0n) is 24.0. The maximum absolute atomic E-state index is 14.9. The maximum atomic E-state index is 14.9. The van der Waals surface area contributed by atoms with Gasteiger partial charge >= 0.3 is 12.4 Å². The molecule has 3 aromatic carbocycles. The fourth-order valence-corrected chi connectivity index (χ4v) is 5.55. The lowest BCUT2D eigenvalue weighted by atomic mass is 10.0. The van der Waals surface area contributed by atoms with Crippen LogP contribution in [-0.2, 0) is 0 Å². The lowest BCUT2D eigenvalue weighted by Gasteiger charge is -2.14. The Bertz CT molecular complexity index is 1900. The fourth-order valence-electron chi connectivity index (χ4n) is 4.69. The molecule has 44 heavy (non-hydrogen) atoms. The van der Waals surface area contributed by atoms with Gasteiger partial charge in [0.05, 0.1) is 11.4 Å². The molecule has 0 fully saturated rings. The topological polar surface area (TPSA) is 86.3 Å². The Morgan fingerprint density at radius 1 is 1.00 bits per heavy atom. The Labute approximate surface area is 253 Å². The summed E-state index contributed by atoms with van der Waals surface area (Å²) in [6, 6.07) is 14.8. The first kappa shape index (κ1) is 30.4. The first-order chi connectivity index (χ1) is 20.9. The number of carbonyl (C=O) groups is 1. The molecule has 5 aromatic rings. The van der Waals surface area contributed by atoms with Crippen LogP contribution in [0.25, 0.3) is 28.6 Å². The third-order valence-corrected chi connectivity index (χ3v) is 7.45. The van der Waals surface area contributed by atoms with Crippen LogP contribution in [0.2, 0.25) is 0 Å². The van der Waals surface area contributed by atoms with Crippen molar-refractivity contribution in [1.29, 1.82) is 0 Å². The molecule has 0 spiro atoms. The predicted octanol–water partition coefficient (Wildman–Crippen LogP) is 7.50. The van der Waals surface area contributed by atoms with Gasteiger partial charge in [-0.1, -0.05) is 42.0 Å². The number of nitrogens with zero attached hydrogens (tertiary/aromatic N) is 5. The third kappa shape index (κ3) is 6.94. The molecule has 226 valence electrons. The smallest absolute Gasteiger partial charge is 0.406 e. The average molecular weight is 623 g/mol. The van der Waals surface area contributed by atoms with Crippen LogP contribution >= 0.6 is 11.3 Å². The quantitative estimate of drug-likeness (QED) is 0.199. The number of ether oxygens (including phenoxy) is 1. The highest BCUT2D eigenvalue weighted by atomic mass is 32.1. The predicted molar refractivity (Wildman–Crippen MR) is 159 cm³/mol. The largest absolute Gasteiger partial charge is 0.573 e. The molecule has 0 atom stereocenters. The van der Waals surface area contributed by atoms with Crippen molar-refractivity contribution in [3.05, 3.63) is 111 Å². The summed E-state index contributed by atoms with van der Waals surface area (Å²) in [6.45, 7) is 7.98. The van der Waals surface area contributed by atoms with Crippen LogP contribution in [-0.4, -0.2) is 31.7 Å². The number of carbonyl (C=O) groups excluding carboxylic acids is 1. The van der Waals surface area contributed by atoms with Crippen LogP contribution < -0.4 is 14.9 Å². The number of aromatic nitrogens is 4. The van der Waals surface area contributed by atoms with Gasteiger partial charge in [-0.25, -0.2) is 18.9 Å². The summed E-state index contributed by atoms with van der Waals surface area (Å²) >= 11 is 1.31. The molecule has 0 unspecified atom stereocenters. The van der Waals surface area contributed by atoms with Crippen LogP contribution in [0.5, 0.6) is 5.75 Å². The first-order valence-corrected chi connectivity index (χ1v) is 14.1. The van der Waals surface area contributed by atoms with Gasteiger partial charge < -0.3 is 10.1 Å². The van der Waals surface area contributed by atoms with E-state index in [1.807, 2.05) is 37.6 Å². The van der Waals surface area contributed by atoms with E-state index in [2.05, 4.69) is 37.3 Å². The lowest BCUT2D eigenvalue weighted by Crippen LogP contribution is -2.22. The number of halogens is 4. The number of nitrogens with one attached hydrogen (secondary N) is 1. The van der Waals surface area contributed by atoms with Crippen molar-refractivity contribution in [1.82, 2.24) is 24.6 Å². The van der Waals surface area contributed by atoms with Crippen LogP contribution in [0.1, 0.15) is 27.9 Å². The summed E-state index contributed by atoms with van der Waals surface area (Å²) in [5, 5.41) is 8.64. The summed E-state index contributed by atoms with van der Waals surface area (Å²) in [4.78, 5) is 21.5. The molecule has 5 rings (SSSR count). The van der Waals surface area contributed by atoms with Gasteiger partial charge in [0.2, 0.25) is 0 Å². The van der Waals surface area contributed by atoms with Crippen molar-refractivity contribution in [2.24, 2.45) is 4.99 Å². The molecule has 0 bridgehead atoms. The summed E-state index contributed by atoms with van der Waals surface area (Å²) in [6.07, 6.45) is -2.42. The molecule has 0 aliphatic carbocycles. The Hall–Kier alpha value is -5.04. The molecule has 2 aromatic heterocycles. The molecule has 2 heterocycles. The minimum Gasteiger partial charge on any atom is -0.406 e. The van der Waals surface area contributed by atoms with Crippen molar-refractivity contribution in [3.63, 3.8) is 0 Å². The van der Waals surface area contributed by atoms with E-state index in [1.54, 1.807) is 12.1 Å². The monoisotopic (exact) mass is 622 g/mol. The summed E-state index contributed by atoms with van der Waals surface area (Å²) in [5.74, 6) is -0.711. The highest BCUT2D eigenvalue weighted by molar-refractivity contribution is 7.07. The van der Waals surface area contributed by atoms with Crippen molar-refractivity contribution < 1.29 is 27.1 Å². The molecule has 0 radical (unpaired) electrons. The van der Waals surface area contributed by atoms with Crippen molar-refractivity contribution in [2.45, 2.75) is 34.1 Å². The van der Waals surface area contributed by atoms with E-state index in [4.69, 9.17) is 0 Å². The van der Waals surface area contributed by atoms with E-state index in [-0.39, 0.29) is 11.3 Å². The second-order valence-corrected chi connectivity index (χ2v) is 10.8. The number of urea groups is 1. The molecule has 0 saturated heterocycles. The summed E-state index contributed by atoms with van der Waals surface area (Å²) in [5.41, 5.74) is 6.38. The Morgan fingerprint density at radius 2 is 1.66 bits per heavy atom. The number of rotatable bonds is 6. The molecule has 8 nitrogen and oxygen atoms in total. The Balaban J connectivity index is 1.27. The number of alkyl halides is 3. The van der Waals surface area contributed by atoms with Gasteiger partial charge in [-0.3, -0.25) is 4.57 Å². The van der Waals surface area contributed by atoms with E-state index in [9.17, 15) is 22.4 Å². The number of amides is 2. The fraction of sp³-hybridized carbons (Fsp3) is 0.161. The second-order valence-electron chi connectivity index (χ2n) is 9.93. The van der Waals surface area contributed by atoms with Crippen molar-refractivity contribution in [3.8, 4) is 28.5 Å². The van der Waals surface area contributed by atoms with E-state index in [0.717, 1.165) is 34.3 Å². The minimum atomic E-state index is -4.78. The van der Waals surface area contributed by atoms with Crippen LogP contribution in [0, 0.1) is 27.7 Å². The highest BCUT2D eigenvalue weighted by Crippen LogP contribution is 2.25. The van der Waals surface area contributed by atoms with E-state index >= 15 is 0 Å². The standard InChI is InChI=1S/C31H26F4N6O2S/c1-18-13-19(2)27(20(3)14-18)41-21(4)16-44-30(41)38-29(42)36-15-26(32)22-5-7-23(8-6-22)28-37-17-40(39-28)24-9-11-25(12-10-24)43-31(33,34)35/h5-17H,1-4H3,(H,36,42)/b26-15-,38-30?. The number of thiazole rings is 1. The van der Waals surface area contributed by atoms with Gasteiger partial charge in [0.25, 0.3) is 0 Å². The summed E-state index contributed by atoms with van der Waals surface area (Å²) < 4.78 is 59.3. The zero-order valence-corrected chi connectivity index (χ0v) is 24.8. The first-order valence-electron chi connectivity index (χ1n) is 13.2. The van der Waals surface area contributed by atoms with Gasteiger partial charge in [-0.2, -0.15) is 4.99 Å². The minimum absolute atomic E-state index is 0.210. The van der Waals surface area contributed by atoms with Crippen LogP contribution in [0.15, 0.2) is 83.6 Å². The number of hydrogen-bond acceptors (Lipinski definition) is 5. The van der Waals surface area contributed by atoms with E-state index in [0.29, 0.717) is 21.9 Å². The molecular weight excluding hydrogens is 596 g/mol. The highest BCUT2D eigenvalue weighted by Gasteiger charge is 2.31.